The first-order valence-corrected chi connectivity index (χ1v) is 10.6. The molecule has 0 spiro atoms. The van der Waals surface area contributed by atoms with Crippen LogP contribution in [0, 0.1) is 11.8 Å². The van der Waals surface area contributed by atoms with Gasteiger partial charge in [0, 0.05) is 25.5 Å². The van der Waals surface area contributed by atoms with E-state index in [1.807, 2.05) is 29.2 Å². The summed E-state index contributed by atoms with van der Waals surface area (Å²) < 4.78 is 0. The summed E-state index contributed by atoms with van der Waals surface area (Å²) in [6.45, 7) is 1.50. The number of rotatable bonds is 4. The largest absolute Gasteiger partial charge is 0.391 e. The summed E-state index contributed by atoms with van der Waals surface area (Å²) in [6, 6.07) is 14.3. The van der Waals surface area contributed by atoms with Crippen molar-refractivity contribution in [3.8, 4) is 0 Å². The Balaban J connectivity index is 1.25. The zero-order valence-corrected chi connectivity index (χ0v) is 16.8. The number of fused-ring (bicyclic) bond motifs is 2. The number of aromatic nitrogens is 2. The number of nitrogens with zero attached hydrogens (tertiary/aromatic N) is 3. The minimum Gasteiger partial charge on any atom is -0.391 e. The van der Waals surface area contributed by atoms with Gasteiger partial charge >= 0.3 is 0 Å². The van der Waals surface area contributed by atoms with Gasteiger partial charge in [-0.15, -0.1) is 0 Å². The third-order valence-corrected chi connectivity index (χ3v) is 6.61. The van der Waals surface area contributed by atoms with E-state index in [1.54, 1.807) is 18.6 Å². The molecule has 6 heteroatoms. The first-order chi connectivity index (χ1) is 14.7. The molecular weight excluding hydrogens is 376 g/mol. The molecule has 1 saturated carbocycles. The fourth-order valence-corrected chi connectivity index (χ4v) is 5.07. The number of nitrogens with one attached hydrogen (secondary N) is 1. The molecule has 6 nitrogen and oxygen atoms in total. The summed E-state index contributed by atoms with van der Waals surface area (Å²) in [5, 5.41) is 16.3. The molecule has 30 heavy (non-hydrogen) atoms. The Morgan fingerprint density at radius 1 is 1.07 bits per heavy atom. The van der Waals surface area contributed by atoms with E-state index < -0.39 is 6.10 Å². The summed E-state index contributed by atoms with van der Waals surface area (Å²) >= 11 is 0. The van der Waals surface area contributed by atoms with Crippen LogP contribution in [-0.2, 0) is 11.2 Å². The number of likely N-dealkylation sites (tertiary alicyclic amines) is 1. The van der Waals surface area contributed by atoms with Gasteiger partial charge in [0.25, 0.3) is 0 Å². The predicted molar refractivity (Wildman–Crippen MR) is 116 cm³/mol. The van der Waals surface area contributed by atoms with Gasteiger partial charge in [0.2, 0.25) is 5.91 Å². The summed E-state index contributed by atoms with van der Waals surface area (Å²) in [6.07, 6.45) is 6.47. The molecule has 0 unspecified atom stereocenters. The van der Waals surface area contributed by atoms with E-state index in [1.165, 1.54) is 5.39 Å². The number of amides is 1. The van der Waals surface area contributed by atoms with Gasteiger partial charge in [-0.05, 0) is 41.0 Å². The molecule has 4 atom stereocenters. The minimum atomic E-state index is -0.443. The average molecular weight is 402 g/mol. The van der Waals surface area contributed by atoms with Crippen LogP contribution in [0.4, 0.5) is 5.82 Å². The summed E-state index contributed by atoms with van der Waals surface area (Å²) in [7, 11) is 0. The molecule has 3 aromatic rings. The van der Waals surface area contributed by atoms with Crippen LogP contribution >= 0.6 is 0 Å². The van der Waals surface area contributed by atoms with E-state index in [-0.39, 0.29) is 11.9 Å². The lowest BCUT2D eigenvalue weighted by molar-refractivity contribution is -0.129. The average Bonchev–Trinajstić information content (AvgIpc) is 3.18. The number of carbonyl (C=O) groups is 1. The second-order valence-corrected chi connectivity index (χ2v) is 8.51. The van der Waals surface area contributed by atoms with Crippen molar-refractivity contribution in [3.63, 3.8) is 0 Å². The van der Waals surface area contributed by atoms with Gasteiger partial charge in [0.15, 0.2) is 0 Å². The first kappa shape index (κ1) is 19.0. The molecule has 1 aromatic heterocycles. The first-order valence-electron chi connectivity index (χ1n) is 10.6. The molecule has 0 bridgehead atoms. The number of hydrogen-bond acceptors (Lipinski definition) is 5. The maximum absolute atomic E-state index is 13.1. The van der Waals surface area contributed by atoms with Gasteiger partial charge in [-0.1, -0.05) is 42.5 Å². The molecule has 1 aliphatic carbocycles. The van der Waals surface area contributed by atoms with Crippen LogP contribution in [0.2, 0.25) is 0 Å². The Kier molecular flexibility index (Phi) is 5.09. The van der Waals surface area contributed by atoms with Crippen molar-refractivity contribution in [1.82, 2.24) is 14.9 Å². The Morgan fingerprint density at radius 2 is 1.87 bits per heavy atom. The maximum atomic E-state index is 13.1. The highest BCUT2D eigenvalue weighted by molar-refractivity contribution is 5.90. The van der Waals surface area contributed by atoms with Crippen LogP contribution < -0.4 is 5.32 Å². The standard InChI is InChI=1S/C24H26N4O2/c29-22-11-19-15-28(14-18(19)10-21(22)27-23-13-25-8-9-26-23)24(30)12-17-6-3-5-16-4-1-2-7-20(16)17/h1-9,13,18-19,21-22,29H,10-12,14-15H2,(H,26,27)/t18-,19+,21-,22-/m1/s1. The second kappa shape index (κ2) is 8.03. The van der Waals surface area contributed by atoms with Crippen LogP contribution in [0.5, 0.6) is 0 Å². The Labute approximate surface area is 176 Å². The molecule has 2 fully saturated rings. The molecule has 154 valence electrons. The molecule has 2 aliphatic rings. The van der Waals surface area contributed by atoms with Crippen molar-refractivity contribution in [2.75, 3.05) is 18.4 Å². The van der Waals surface area contributed by atoms with Gasteiger partial charge < -0.3 is 15.3 Å². The van der Waals surface area contributed by atoms with Gasteiger partial charge in [0.05, 0.1) is 24.8 Å². The molecule has 2 aromatic carbocycles. The molecule has 1 saturated heterocycles. The number of anilines is 1. The maximum Gasteiger partial charge on any atom is 0.227 e. The van der Waals surface area contributed by atoms with E-state index in [0.717, 1.165) is 30.5 Å². The van der Waals surface area contributed by atoms with Gasteiger partial charge in [0.1, 0.15) is 5.82 Å². The molecule has 1 amide bonds. The third kappa shape index (κ3) is 3.75. The van der Waals surface area contributed by atoms with Crippen LogP contribution in [0.25, 0.3) is 10.8 Å². The topological polar surface area (TPSA) is 78.4 Å². The highest BCUT2D eigenvalue weighted by atomic mass is 16.3. The van der Waals surface area contributed by atoms with Crippen molar-refractivity contribution in [1.29, 1.82) is 0 Å². The lowest BCUT2D eigenvalue weighted by Gasteiger charge is -2.35. The van der Waals surface area contributed by atoms with E-state index in [0.29, 0.717) is 30.5 Å². The van der Waals surface area contributed by atoms with Crippen molar-refractivity contribution >= 4 is 22.5 Å². The quantitative estimate of drug-likeness (QED) is 0.702. The number of benzene rings is 2. The molecule has 2 N–H and O–H groups in total. The van der Waals surface area contributed by atoms with Crippen molar-refractivity contribution < 1.29 is 9.90 Å². The molecule has 2 heterocycles. The Bertz CT molecular complexity index is 1040. The van der Waals surface area contributed by atoms with Crippen molar-refractivity contribution in [2.24, 2.45) is 11.8 Å². The van der Waals surface area contributed by atoms with Gasteiger partial charge in [-0.3, -0.25) is 9.78 Å². The Morgan fingerprint density at radius 3 is 2.70 bits per heavy atom. The van der Waals surface area contributed by atoms with E-state index >= 15 is 0 Å². The predicted octanol–water partition coefficient (Wildman–Crippen LogP) is 2.88. The number of aliphatic hydroxyl groups is 1. The smallest absolute Gasteiger partial charge is 0.227 e. The molecular formula is C24H26N4O2. The summed E-state index contributed by atoms with van der Waals surface area (Å²) in [5.74, 6) is 1.62. The molecule has 5 rings (SSSR count). The van der Waals surface area contributed by atoms with Crippen LogP contribution in [-0.4, -0.2) is 51.1 Å². The summed E-state index contributed by atoms with van der Waals surface area (Å²) in [5.41, 5.74) is 1.08. The fraction of sp³-hybridized carbons (Fsp3) is 0.375. The summed E-state index contributed by atoms with van der Waals surface area (Å²) in [4.78, 5) is 23.4. The van der Waals surface area contributed by atoms with Crippen LogP contribution in [0.15, 0.2) is 61.1 Å². The van der Waals surface area contributed by atoms with E-state index in [2.05, 4.69) is 33.5 Å². The second-order valence-electron chi connectivity index (χ2n) is 8.51. The third-order valence-electron chi connectivity index (χ3n) is 6.61. The number of carbonyl (C=O) groups excluding carboxylic acids is 1. The number of aliphatic hydroxyl groups excluding tert-OH is 1. The SMILES string of the molecule is O=C(Cc1cccc2ccccc12)N1C[C@H]2C[C@@H](Nc3cnccn3)[C@H](O)C[C@H]2C1. The molecule has 1 aliphatic heterocycles. The van der Waals surface area contributed by atoms with Crippen molar-refractivity contribution in [3.05, 3.63) is 66.6 Å². The van der Waals surface area contributed by atoms with Crippen LogP contribution in [0.3, 0.4) is 0 Å². The van der Waals surface area contributed by atoms with E-state index in [4.69, 9.17) is 0 Å². The Hall–Kier alpha value is -2.99. The highest BCUT2D eigenvalue weighted by Crippen LogP contribution is 2.37. The molecule has 0 radical (unpaired) electrons. The van der Waals surface area contributed by atoms with Crippen LogP contribution in [0.1, 0.15) is 18.4 Å². The zero-order chi connectivity index (χ0) is 20.5. The lowest BCUT2D eigenvalue weighted by Crippen LogP contribution is -2.43. The van der Waals surface area contributed by atoms with Gasteiger partial charge in [-0.2, -0.15) is 0 Å². The normalized spacial score (nSPS) is 25.8. The lowest BCUT2D eigenvalue weighted by atomic mass is 9.77. The minimum absolute atomic E-state index is 0.0592. The highest BCUT2D eigenvalue weighted by Gasteiger charge is 2.43. The number of hydrogen-bond donors (Lipinski definition) is 2. The fourth-order valence-electron chi connectivity index (χ4n) is 5.07. The monoisotopic (exact) mass is 402 g/mol. The van der Waals surface area contributed by atoms with Gasteiger partial charge in [-0.25, -0.2) is 4.98 Å². The zero-order valence-electron chi connectivity index (χ0n) is 16.8. The van der Waals surface area contributed by atoms with E-state index in [9.17, 15) is 9.90 Å². The van der Waals surface area contributed by atoms with Crippen molar-refractivity contribution in [2.45, 2.75) is 31.4 Å².